The summed E-state index contributed by atoms with van der Waals surface area (Å²) in [6.07, 6.45) is 3.97. The van der Waals surface area contributed by atoms with Crippen LogP contribution < -0.4 is 31.0 Å². The number of fused-ring (bicyclic) bond motifs is 2. The topological polar surface area (TPSA) is 248 Å². The summed E-state index contributed by atoms with van der Waals surface area (Å²) in [5, 5.41) is 59.1. The highest BCUT2D eigenvalue weighted by Crippen LogP contribution is 2.42. The van der Waals surface area contributed by atoms with E-state index < -0.39 is 99.9 Å². The largest absolute Gasteiger partial charge is 0.507 e. The number of rotatable bonds is 3. The summed E-state index contributed by atoms with van der Waals surface area (Å²) in [6, 6.07) is 2.99. The van der Waals surface area contributed by atoms with E-state index in [4.69, 9.17) is 28.3 Å². The van der Waals surface area contributed by atoms with Gasteiger partial charge in [0.1, 0.15) is 28.8 Å². The second-order valence-electron chi connectivity index (χ2n) is 17.8. The van der Waals surface area contributed by atoms with Crippen LogP contribution in [0, 0.1) is 30.6 Å². The Kier molecular flexibility index (Phi) is 13.1. The fraction of sp³-hybridized carbons (Fsp3) is 0.479. The van der Waals surface area contributed by atoms with Crippen molar-refractivity contribution in [2.24, 2.45) is 23.7 Å². The highest BCUT2D eigenvalue weighted by Gasteiger charge is 2.44. The number of aromatic hydroxyl groups is 1. The molecule has 3 aliphatic rings. The number of nitrogens with one attached hydrogen (secondary N) is 1. The van der Waals surface area contributed by atoms with Gasteiger partial charge >= 0.3 is 11.8 Å². The minimum Gasteiger partial charge on any atom is -0.507 e. The third kappa shape index (κ3) is 8.53. The summed E-state index contributed by atoms with van der Waals surface area (Å²) in [5.74, 6) is -7.04. The van der Waals surface area contributed by atoms with Gasteiger partial charge in [-0.1, -0.05) is 45.9 Å². The first-order valence-electron chi connectivity index (χ1n) is 21.8. The van der Waals surface area contributed by atoms with E-state index in [0.717, 1.165) is 0 Å². The molecule has 17 heteroatoms. The molecule has 1 amide bonds. The number of esters is 1. The maximum atomic E-state index is 14.8. The van der Waals surface area contributed by atoms with E-state index in [1.807, 2.05) is 4.90 Å². The molecule has 17 nitrogen and oxygen atoms in total. The van der Waals surface area contributed by atoms with Gasteiger partial charge in [0.05, 0.1) is 41.3 Å². The van der Waals surface area contributed by atoms with Crippen LogP contribution in [0.4, 0.5) is 11.4 Å². The van der Waals surface area contributed by atoms with Crippen LogP contribution in [0.25, 0.3) is 38.7 Å². The average molecular weight is 900 g/mol. The van der Waals surface area contributed by atoms with Gasteiger partial charge in [-0.3, -0.25) is 19.2 Å². The molecule has 9 atom stereocenters. The lowest BCUT2D eigenvalue weighted by molar-refractivity contribution is -0.160. The number of piperidine rings is 1. The number of aromatic nitrogens is 1. The van der Waals surface area contributed by atoms with E-state index in [2.05, 4.69) is 5.32 Å². The zero-order valence-electron chi connectivity index (χ0n) is 37.9. The predicted octanol–water partition coefficient (Wildman–Crippen LogP) is 4.52. The van der Waals surface area contributed by atoms with Gasteiger partial charge in [0.25, 0.3) is 5.91 Å². The van der Waals surface area contributed by atoms with Gasteiger partial charge < -0.3 is 59.1 Å². The molecular weight excluding hydrogens is 843 g/mol. The van der Waals surface area contributed by atoms with Crippen LogP contribution in [-0.4, -0.2) is 98.9 Å². The van der Waals surface area contributed by atoms with E-state index in [1.54, 1.807) is 45.9 Å². The summed E-state index contributed by atoms with van der Waals surface area (Å²) in [6.45, 7) is 13.5. The number of amides is 1. The van der Waals surface area contributed by atoms with Crippen molar-refractivity contribution in [3.8, 4) is 11.5 Å². The first kappa shape index (κ1) is 47.0. The standard InChI is InChI=1S/C48H57N3O14/c1-21-11-10-12-22(2)47(60)50-38-42(58)34-33(37-45(38)64-32-20-28(19-30(54)36(32)49-37)51-16-13-29(53)14-17-51)35-44(26(6)41(34)57)65-48(8,46(35)59)62-18-15-31(61-9)23(3)43(63-27(7)52)25(5)40(56)24(4)39(21)55/h10-12,15,18-21,23-25,29,31,39-40,43,53,55-57,59H,13-14,16-17H2,1-9H3,(H,50,60)/b11-10+,18-15+,22-12-/t21-,23+,24+,25+,31-,39-,40+,43+,48-/m0/s1. The Morgan fingerprint density at radius 2 is 1.63 bits per heavy atom. The van der Waals surface area contributed by atoms with Gasteiger partial charge in [-0.2, -0.15) is 0 Å². The molecule has 0 radical (unpaired) electrons. The van der Waals surface area contributed by atoms with Crippen LogP contribution in [0.3, 0.4) is 0 Å². The summed E-state index contributed by atoms with van der Waals surface area (Å²) in [7, 11) is 1.44. The molecule has 3 aromatic carbocycles. The quantitative estimate of drug-likeness (QED) is 0.0940. The van der Waals surface area contributed by atoms with Crippen molar-refractivity contribution >= 4 is 62.0 Å². The number of hydrogen-bond donors (Lipinski definition) is 6. The third-order valence-corrected chi connectivity index (χ3v) is 13.2. The molecule has 0 aliphatic carbocycles. The van der Waals surface area contributed by atoms with Crippen LogP contribution in [0.5, 0.6) is 11.5 Å². The number of carbonyl (C=O) groups excluding carboxylic acids is 2. The van der Waals surface area contributed by atoms with Crippen molar-refractivity contribution < 1.29 is 58.5 Å². The van der Waals surface area contributed by atoms with E-state index in [0.29, 0.717) is 31.6 Å². The van der Waals surface area contributed by atoms with Gasteiger partial charge in [-0.15, -0.1) is 0 Å². The zero-order valence-corrected chi connectivity index (χ0v) is 37.9. The Morgan fingerprint density at radius 1 is 0.938 bits per heavy atom. The number of benzene rings is 3. The van der Waals surface area contributed by atoms with Gasteiger partial charge in [0.2, 0.25) is 10.9 Å². The molecule has 7 rings (SSSR count). The molecule has 4 aromatic rings. The van der Waals surface area contributed by atoms with E-state index in [9.17, 15) is 44.7 Å². The van der Waals surface area contributed by atoms with Gasteiger partial charge in [0, 0.05) is 92.1 Å². The molecule has 0 spiro atoms. The van der Waals surface area contributed by atoms with Crippen LogP contribution in [0.15, 0.2) is 62.3 Å². The molecule has 4 heterocycles. The van der Waals surface area contributed by atoms with Crippen LogP contribution in [0.2, 0.25) is 0 Å². The lowest BCUT2D eigenvalue weighted by Gasteiger charge is -2.38. The highest BCUT2D eigenvalue weighted by atomic mass is 16.7. The van der Waals surface area contributed by atoms with Crippen LogP contribution >= 0.6 is 0 Å². The van der Waals surface area contributed by atoms with Crippen molar-refractivity contribution in [3.05, 3.63) is 79.5 Å². The van der Waals surface area contributed by atoms with Crippen molar-refractivity contribution in [2.75, 3.05) is 30.4 Å². The summed E-state index contributed by atoms with van der Waals surface area (Å²) in [4.78, 5) is 61.7. The number of phenolic OH excluding ortho intramolecular Hbond substituents is 1. The van der Waals surface area contributed by atoms with Gasteiger partial charge in [-0.25, -0.2) is 4.98 Å². The lowest BCUT2D eigenvalue weighted by Crippen LogP contribution is -2.46. The van der Waals surface area contributed by atoms with Gasteiger partial charge in [-0.05, 0) is 32.8 Å². The van der Waals surface area contributed by atoms with E-state index in [-0.39, 0.29) is 55.1 Å². The van der Waals surface area contributed by atoms with E-state index in [1.165, 1.54) is 59.3 Å². The lowest BCUT2D eigenvalue weighted by atomic mass is 9.78. The maximum absolute atomic E-state index is 14.8. The Bertz CT molecular complexity index is 2830. The fourth-order valence-electron chi connectivity index (χ4n) is 9.18. The second kappa shape index (κ2) is 18.1. The minimum absolute atomic E-state index is 0.0152. The molecule has 1 aromatic heterocycles. The average Bonchev–Trinajstić information content (AvgIpc) is 3.54. The Balaban J connectivity index is 1.48. The molecule has 6 N–H and O–H groups in total. The summed E-state index contributed by atoms with van der Waals surface area (Å²) in [5.41, 5.74) is -1.75. The summed E-state index contributed by atoms with van der Waals surface area (Å²) < 4.78 is 30.4. The van der Waals surface area contributed by atoms with Crippen molar-refractivity contribution in [3.63, 3.8) is 0 Å². The molecule has 0 saturated carbocycles. The number of ether oxygens (including phenoxy) is 4. The van der Waals surface area contributed by atoms with Crippen LogP contribution in [-0.2, 0) is 23.8 Å². The predicted molar refractivity (Wildman–Crippen MR) is 242 cm³/mol. The number of anilines is 2. The SMILES string of the molecule is CO[C@H]1/C=C/O[C@@]2(C)Oc3c(C)c(O)c4c(=O)c(c5oc6cc(N7CCC(O)CC7)cc(=O)c6nc5c4c3=C2O)NC(=O)/C(C)=C\C=C\[C@H](C)[C@H](O)[C@@H](C)[C@@H](O)[C@@H](C)[C@H](OC(C)=O)[C@@H]1C. The molecule has 3 aliphatic heterocycles. The number of hydrogen-bond acceptors (Lipinski definition) is 16. The number of aliphatic hydroxyl groups excluding tert-OH is 4. The monoisotopic (exact) mass is 899 g/mol. The minimum atomic E-state index is -1.99. The molecule has 1 saturated heterocycles. The number of phenols is 1. The first-order valence-corrected chi connectivity index (χ1v) is 21.8. The number of aliphatic hydroxyl groups is 4. The van der Waals surface area contributed by atoms with Gasteiger partial charge in [0.15, 0.2) is 22.4 Å². The first-order chi connectivity index (χ1) is 30.7. The molecule has 348 valence electrons. The third-order valence-electron chi connectivity index (χ3n) is 13.2. The fourth-order valence-corrected chi connectivity index (χ4v) is 9.18. The summed E-state index contributed by atoms with van der Waals surface area (Å²) >= 11 is 0. The van der Waals surface area contributed by atoms with Crippen LogP contribution in [0.1, 0.15) is 66.9 Å². The smallest absolute Gasteiger partial charge is 0.307 e. The Labute approximate surface area is 374 Å². The van der Waals surface area contributed by atoms with Crippen molar-refractivity contribution in [2.45, 2.75) is 105 Å². The molecule has 0 unspecified atom stereocenters. The Hall–Kier alpha value is -6.01. The highest BCUT2D eigenvalue weighted by molar-refractivity contribution is 6.16. The molecule has 65 heavy (non-hydrogen) atoms. The number of carbonyl (C=O) groups is 2. The number of methoxy groups -OCH3 is 1. The normalized spacial score (nSPS) is 30.2. The maximum Gasteiger partial charge on any atom is 0.307 e. The molecule has 1 fully saturated rings. The van der Waals surface area contributed by atoms with Crippen molar-refractivity contribution in [1.29, 1.82) is 0 Å². The zero-order chi connectivity index (χ0) is 47.4. The molecular formula is C48H57N3O14. The number of allylic oxidation sites excluding steroid dienone is 2. The molecule has 4 bridgehead atoms. The number of nitrogens with zero attached hydrogens (tertiary/aromatic N) is 2. The van der Waals surface area contributed by atoms with Crippen molar-refractivity contribution in [1.82, 2.24) is 4.98 Å². The Morgan fingerprint density at radius 3 is 2.29 bits per heavy atom. The van der Waals surface area contributed by atoms with E-state index >= 15 is 0 Å². The second-order valence-corrected chi connectivity index (χ2v) is 17.8.